The molecule has 4 aromatic rings. The molecule has 2 aromatic heterocycles. The second-order valence-electron chi connectivity index (χ2n) is 10.1. The van der Waals surface area contributed by atoms with E-state index in [0.717, 1.165) is 45.1 Å². The minimum Gasteiger partial charge on any atom is 1.00 e. The van der Waals surface area contributed by atoms with Crippen molar-refractivity contribution >= 4 is 52.9 Å². The number of aromatic nitrogens is 2. The number of nitrogens with zero attached hydrogens (tertiary/aromatic N) is 8. The third-order valence-corrected chi connectivity index (χ3v) is 5.26. The summed E-state index contributed by atoms with van der Waals surface area (Å²) in [6, 6.07) is 20.1. The molecule has 0 aliphatic carbocycles. The molecule has 0 bridgehead atoms. The number of para-hydroxylation sites is 2. The Balaban J connectivity index is 0.000000357. The van der Waals surface area contributed by atoms with Crippen LogP contribution in [0.15, 0.2) is 83.0 Å². The van der Waals surface area contributed by atoms with E-state index in [0.29, 0.717) is 0 Å². The molecule has 0 saturated heterocycles. The molecule has 0 atom stereocenters. The molecule has 44 heavy (non-hydrogen) atoms. The quantitative estimate of drug-likeness (QED) is 0.0697. The zero-order chi connectivity index (χ0) is 32.7. The van der Waals surface area contributed by atoms with Gasteiger partial charge >= 0.3 is 50.1 Å². The van der Waals surface area contributed by atoms with E-state index in [1.165, 1.54) is 0 Å². The first-order valence-corrected chi connectivity index (χ1v) is 14.8. The molecular formula is C28H36CuF6N8P. The molecular weight excluding hydrogens is 657 g/mol. The summed E-state index contributed by atoms with van der Waals surface area (Å²) in [5.41, 5.74) is 3.65. The SMILES string of the molecule is CN(C)C(=Nc1cccc2cccnc12)N(C)C.CN(C)C(=Nc1cccc2cccnc12)N(C)C.F[P-](F)(F)(F)(F)F.[Cu+]. The maximum Gasteiger partial charge on any atom is 1.00 e. The van der Waals surface area contributed by atoms with Gasteiger partial charge in [-0.25, -0.2) is 9.98 Å². The smallest absolute Gasteiger partial charge is 1.00 e. The number of hydrogen-bond acceptors (Lipinski definition) is 4. The van der Waals surface area contributed by atoms with Gasteiger partial charge in [0.05, 0.1) is 22.4 Å². The van der Waals surface area contributed by atoms with E-state index >= 15 is 0 Å². The second-order valence-corrected chi connectivity index (χ2v) is 12.0. The molecule has 0 amide bonds. The topological polar surface area (TPSA) is 63.5 Å². The Kier molecular flexibility index (Phi) is 12.6. The summed E-state index contributed by atoms with van der Waals surface area (Å²) in [5.74, 6) is 1.79. The first-order valence-electron chi connectivity index (χ1n) is 12.7. The summed E-state index contributed by atoms with van der Waals surface area (Å²) in [4.78, 5) is 26.2. The molecule has 0 radical (unpaired) electrons. The van der Waals surface area contributed by atoms with Gasteiger partial charge in [-0.3, -0.25) is 9.97 Å². The second kappa shape index (κ2) is 14.4. The van der Waals surface area contributed by atoms with Crippen molar-refractivity contribution in [2.45, 2.75) is 0 Å². The monoisotopic (exact) mass is 692 g/mol. The molecule has 0 spiro atoms. The zero-order valence-electron chi connectivity index (χ0n) is 25.5. The van der Waals surface area contributed by atoms with Crippen LogP contribution in [0, 0.1) is 0 Å². The number of fused-ring (bicyclic) bond motifs is 2. The van der Waals surface area contributed by atoms with E-state index in [1.807, 2.05) is 137 Å². The normalized spacial score (nSPS) is 12.0. The van der Waals surface area contributed by atoms with E-state index < -0.39 is 7.81 Å². The zero-order valence-corrected chi connectivity index (χ0v) is 27.4. The van der Waals surface area contributed by atoms with E-state index in [9.17, 15) is 25.2 Å². The van der Waals surface area contributed by atoms with Gasteiger partial charge in [-0.1, -0.05) is 36.4 Å². The van der Waals surface area contributed by atoms with Crippen LogP contribution in [-0.4, -0.2) is 97.9 Å². The summed E-state index contributed by atoms with van der Waals surface area (Å²) < 4.78 is 59.2. The van der Waals surface area contributed by atoms with Crippen molar-refractivity contribution in [1.29, 1.82) is 0 Å². The summed E-state index contributed by atoms with van der Waals surface area (Å²) in [7, 11) is 5.21. The van der Waals surface area contributed by atoms with E-state index in [-0.39, 0.29) is 17.1 Å². The van der Waals surface area contributed by atoms with Gasteiger partial charge in [-0.15, -0.1) is 0 Å². The fraction of sp³-hybridized carbons (Fsp3) is 0.286. The molecule has 0 aliphatic rings. The molecule has 2 heterocycles. The fourth-order valence-corrected chi connectivity index (χ4v) is 3.77. The Morgan fingerprint density at radius 2 is 0.795 bits per heavy atom. The van der Waals surface area contributed by atoms with Crippen LogP contribution < -0.4 is 0 Å². The molecule has 0 N–H and O–H groups in total. The van der Waals surface area contributed by atoms with Crippen LogP contribution in [0.3, 0.4) is 0 Å². The van der Waals surface area contributed by atoms with E-state index in [4.69, 9.17) is 9.98 Å². The third-order valence-electron chi connectivity index (χ3n) is 5.26. The van der Waals surface area contributed by atoms with Crippen molar-refractivity contribution in [2.75, 3.05) is 56.4 Å². The van der Waals surface area contributed by atoms with Crippen LogP contribution in [0.2, 0.25) is 0 Å². The van der Waals surface area contributed by atoms with Crippen LogP contribution >= 0.6 is 7.81 Å². The van der Waals surface area contributed by atoms with Gasteiger partial charge in [0.15, 0.2) is 0 Å². The maximum atomic E-state index is 9.87. The summed E-state index contributed by atoms with van der Waals surface area (Å²) >= 11 is 0. The van der Waals surface area contributed by atoms with Crippen molar-refractivity contribution in [3.63, 3.8) is 0 Å². The van der Waals surface area contributed by atoms with Crippen LogP contribution in [-0.2, 0) is 17.1 Å². The minimum atomic E-state index is -10.7. The summed E-state index contributed by atoms with van der Waals surface area (Å²) in [6.45, 7) is 0. The van der Waals surface area contributed by atoms with Crippen LogP contribution in [0.5, 0.6) is 0 Å². The Bertz CT molecular complexity index is 1450. The van der Waals surface area contributed by atoms with Crippen LogP contribution in [0.4, 0.5) is 36.6 Å². The molecule has 0 aliphatic heterocycles. The number of aliphatic imine (C=N–C) groups is 2. The Morgan fingerprint density at radius 3 is 1.07 bits per heavy atom. The fourth-order valence-electron chi connectivity index (χ4n) is 3.77. The van der Waals surface area contributed by atoms with Crippen LogP contribution in [0.1, 0.15) is 0 Å². The number of pyridine rings is 2. The summed E-state index contributed by atoms with van der Waals surface area (Å²) in [6.07, 6.45) is 3.60. The van der Waals surface area contributed by atoms with Gasteiger partial charge in [0.1, 0.15) is 0 Å². The van der Waals surface area contributed by atoms with Gasteiger partial charge < -0.3 is 19.6 Å². The van der Waals surface area contributed by atoms with Crippen molar-refractivity contribution in [1.82, 2.24) is 29.6 Å². The average Bonchev–Trinajstić information content (AvgIpc) is 2.88. The molecule has 0 unspecified atom stereocenters. The van der Waals surface area contributed by atoms with E-state index in [2.05, 4.69) is 9.97 Å². The van der Waals surface area contributed by atoms with E-state index in [1.54, 1.807) is 12.4 Å². The first-order chi connectivity index (χ1) is 19.6. The van der Waals surface area contributed by atoms with Gasteiger partial charge in [0, 0.05) is 79.5 Å². The number of hydrogen-bond donors (Lipinski definition) is 0. The van der Waals surface area contributed by atoms with Gasteiger partial charge in [-0.2, -0.15) is 0 Å². The molecule has 4 rings (SSSR count). The van der Waals surface area contributed by atoms with Crippen molar-refractivity contribution in [3.8, 4) is 0 Å². The van der Waals surface area contributed by atoms with Crippen molar-refractivity contribution < 1.29 is 42.3 Å². The molecule has 246 valence electrons. The molecule has 8 nitrogen and oxygen atoms in total. The Hall–Kier alpha value is -3.67. The number of guanidine groups is 2. The standard InChI is InChI=1S/2C14H18N4.Cu.F6P/c2*1-17(2)14(18(3)4)16-12-9-5-7-11-8-6-10-15-13(11)12;;1-7(2,3,4,5)6/h2*5-10H,1-4H3;;/q;;+1;-1. The van der Waals surface area contributed by atoms with Crippen LogP contribution in [0.25, 0.3) is 21.8 Å². The third kappa shape index (κ3) is 13.7. The van der Waals surface area contributed by atoms with Gasteiger partial charge in [-0.05, 0) is 24.3 Å². The number of halogens is 6. The van der Waals surface area contributed by atoms with Crippen molar-refractivity contribution in [2.24, 2.45) is 9.98 Å². The molecule has 2 aromatic carbocycles. The van der Waals surface area contributed by atoms with Crippen molar-refractivity contribution in [3.05, 3.63) is 73.1 Å². The van der Waals surface area contributed by atoms with Gasteiger partial charge in [0.2, 0.25) is 11.9 Å². The largest absolute Gasteiger partial charge is 1.00 e. The number of rotatable bonds is 2. The first kappa shape index (κ1) is 38.4. The molecule has 0 saturated carbocycles. The maximum absolute atomic E-state index is 10.7. The Labute approximate surface area is 263 Å². The molecule has 16 heteroatoms. The number of benzene rings is 2. The molecule has 0 fully saturated rings. The predicted octanol–water partition coefficient (Wildman–Crippen LogP) is 8.07. The van der Waals surface area contributed by atoms with Gasteiger partial charge in [0.25, 0.3) is 0 Å². The minimum absolute atomic E-state index is 0. The Morgan fingerprint density at radius 1 is 0.523 bits per heavy atom. The summed E-state index contributed by atoms with van der Waals surface area (Å²) in [5, 5.41) is 2.21. The predicted molar refractivity (Wildman–Crippen MR) is 166 cm³/mol. The average molecular weight is 693 g/mol.